The van der Waals surface area contributed by atoms with Gasteiger partial charge in [-0.15, -0.1) is 0 Å². The van der Waals surface area contributed by atoms with E-state index in [1.807, 2.05) is 0 Å². The predicted molar refractivity (Wildman–Crippen MR) is 72.8 cm³/mol. The van der Waals surface area contributed by atoms with E-state index >= 15 is 0 Å². The number of aromatic nitrogens is 1. The zero-order valence-corrected chi connectivity index (χ0v) is 11.8. The number of rotatable bonds is 3. The Balaban J connectivity index is 2.24. The van der Waals surface area contributed by atoms with E-state index in [0.717, 1.165) is 25.9 Å². The fourth-order valence-electron chi connectivity index (χ4n) is 2.22. The third kappa shape index (κ3) is 3.36. The quantitative estimate of drug-likeness (QED) is 0.629. The van der Waals surface area contributed by atoms with E-state index in [1.165, 1.54) is 13.2 Å². The molecule has 0 N–H and O–H groups in total. The van der Waals surface area contributed by atoms with E-state index in [2.05, 4.69) is 9.88 Å². The molecule has 1 aliphatic heterocycles. The van der Waals surface area contributed by atoms with Gasteiger partial charge in [0, 0.05) is 20.2 Å². The lowest BCUT2D eigenvalue weighted by Gasteiger charge is -2.32. The fraction of sp³-hybridized carbons (Fsp3) is 0.538. The molecular weight excluding hydrogens is 268 g/mol. The minimum atomic E-state index is -0.411. The largest absolute Gasteiger partial charge is 0.465 e. The Morgan fingerprint density at radius 1 is 1.47 bits per heavy atom. The summed E-state index contributed by atoms with van der Waals surface area (Å²) in [5.74, 6) is 0.278. The summed E-state index contributed by atoms with van der Waals surface area (Å²) in [7, 11) is 3.05. The molecule has 0 saturated carbocycles. The summed E-state index contributed by atoms with van der Waals surface area (Å²) in [5, 5.41) is 0.289. The summed E-state index contributed by atoms with van der Waals surface area (Å²) < 4.78 is 10.1. The van der Waals surface area contributed by atoms with Gasteiger partial charge < -0.3 is 14.4 Å². The van der Waals surface area contributed by atoms with Gasteiger partial charge in [0.2, 0.25) is 0 Å². The molecule has 1 fully saturated rings. The van der Waals surface area contributed by atoms with Crippen LogP contribution in [0.1, 0.15) is 23.2 Å². The van der Waals surface area contributed by atoms with E-state index in [-0.39, 0.29) is 11.3 Å². The van der Waals surface area contributed by atoms with Gasteiger partial charge in [0.05, 0.1) is 18.8 Å². The minimum Gasteiger partial charge on any atom is -0.465 e. The lowest BCUT2D eigenvalue weighted by Crippen LogP contribution is -2.39. The van der Waals surface area contributed by atoms with Crippen LogP contribution in [0.5, 0.6) is 0 Å². The van der Waals surface area contributed by atoms with Crippen molar-refractivity contribution in [2.45, 2.75) is 18.9 Å². The Hall–Kier alpha value is -1.33. The van der Waals surface area contributed by atoms with Crippen LogP contribution in [0.3, 0.4) is 0 Å². The maximum atomic E-state index is 11.6. The molecule has 1 atom stereocenters. The summed E-state index contributed by atoms with van der Waals surface area (Å²) in [6, 6.07) is 3.21. The number of halogens is 1. The molecule has 2 rings (SSSR count). The number of carbonyl (C=O) groups is 1. The highest BCUT2D eigenvalue weighted by Crippen LogP contribution is 2.23. The molecule has 2 heterocycles. The molecule has 6 heteroatoms. The number of pyridine rings is 1. The first-order valence-electron chi connectivity index (χ1n) is 6.17. The number of methoxy groups -OCH3 is 2. The predicted octanol–water partition coefficient (Wildman–Crippen LogP) is 2.14. The van der Waals surface area contributed by atoms with E-state index < -0.39 is 5.97 Å². The van der Waals surface area contributed by atoms with Crippen molar-refractivity contribution in [2.24, 2.45) is 0 Å². The molecule has 1 aromatic rings. The van der Waals surface area contributed by atoms with Gasteiger partial charge in [-0.2, -0.15) is 0 Å². The molecule has 0 radical (unpaired) electrons. The van der Waals surface area contributed by atoms with Crippen LogP contribution < -0.4 is 4.90 Å². The van der Waals surface area contributed by atoms with Crippen molar-refractivity contribution in [3.63, 3.8) is 0 Å². The number of nitrogens with zero attached hydrogens (tertiary/aromatic N) is 2. The summed E-state index contributed by atoms with van der Waals surface area (Å²) in [6.07, 6.45) is 2.26. The zero-order valence-electron chi connectivity index (χ0n) is 11.1. The van der Waals surface area contributed by atoms with Crippen LogP contribution >= 0.6 is 11.6 Å². The molecule has 5 nitrogen and oxygen atoms in total. The van der Waals surface area contributed by atoms with Crippen LogP contribution in [0.2, 0.25) is 5.15 Å². The molecule has 1 unspecified atom stereocenters. The van der Waals surface area contributed by atoms with Gasteiger partial charge in [0.1, 0.15) is 11.0 Å². The van der Waals surface area contributed by atoms with Crippen LogP contribution in [0.25, 0.3) is 0 Å². The van der Waals surface area contributed by atoms with Crippen LogP contribution in [0.4, 0.5) is 5.82 Å². The number of anilines is 1. The third-order valence-corrected chi connectivity index (χ3v) is 3.43. The summed E-state index contributed by atoms with van der Waals surface area (Å²) in [5.41, 5.74) is 0.414. The normalized spacial score (nSPS) is 19.3. The topological polar surface area (TPSA) is 51.7 Å². The number of carbonyl (C=O) groups excluding carboxylic acids is 1. The average Bonchev–Trinajstić information content (AvgIpc) is 2.45. The van der Waals surface area contributed by atoms with Crippen molar-refractivity contribution in [1.82, 2.24) is 4.98 Å². The average molecular weight is 285 g/mol. The van der Waals surface area contributed by atoms with E-state index in [4.69, 9.17) is 21.1 Å². The Labute approximate surface area is 117 Å². The highest BCUT2D eigenvalue weighted by Gasteiger charge is 2.22. The number of piperidine rings is 1. The van der Waals surface area contributed by atoms with E-state index in [1.54, 1.807) is 13.2 Å². The number of hydrogen-bond donors (Lipinski definition) is 0. The smallest absolute Gasteiger partial charge is 0.338 e. The number of ether oxygens (including phenoxy) is 2. The molecule has 1 aromatic heterocycles. The second-order valence-corrected chi connectivity index (χ2v) is 4.86. The Kier molecular flexibility index (Phi) is 4.61. The molecule has 19 heavy (non-hydrogen) atoms. The molecule has 104 valence electrons. The standard InChI is InChI=1S/C13H17ClN2O3/c1-18-10-4-3-5-16(8-10)12-7-9(13(17)19-2)6-11(14)15-12/h6-7,10H,3-5,8H2,1-2H3. The van der Waals surface area contributed by atoms with Gasteiger partial charge >= 0.3 is 5.97 Å². The van der Waals surface area contributed by atoms with Crippen molar-refractivity contribution in [3.05, 3.63) is 22.8 Å². The highest BCUT2D eigenvalue weighted by atomic mass is 35.5. The van der Waals surface area contributed by atoms with Crippen molar-refractivity contribution < 1.29 is 14.3 Å². The van der Waals surface area contributed by atoms with Gasteiger partial charge in [-0.05, 0) is 25.0 Å². The molecule has 1 aliphatic rings. The van der Waals surface area contributed by atoms with Gasteiger partial charge in [0.15, 0.2) is 0 Å². The first kappa shape index (κ1) is 14.1. The van der Waals surface area contributed by atoms with E-state index in [9.17, 15) is 4.79 Å². The SMILES string of the molecule is COC(=O)c1cc(Cl)nc(N2CCCC(OC)C2)c1. The Morgan fingerprint density at radius 3 is 2.95 bits per heavy atom. The maximum absolute atomic E-state index is 11.6. The summed E-state index contributed by atoms with van der Waals surface area (Å²) in [6.45, 7) is 1.64. The molecule has 0 aliphatic carbocycles. The van der Waals surface area contributed by atoms with Crippen LogP contribution in [-0.4, -0.2) is 44.4 Å². The van der Waals surface area contributed by atoms with Crippen LogP contribution in [0.15, 0.2) is 12.1 Å². The molecule has 1 saturated heterocycles. The van der Waals surface area contributed by atoms with Gasteiger partial charge in [-0.1, -0.05) is 11.6 Å². The number of esters is 1. The van der Waals surface area contributed by atoms with Crippen LogP contribution in [0, 0.1) is 0 Å². The van der Waals surface area contributed by atoms with Gasteiger partial charge in [-0.25, -0.2) is 9.78 Å². The van der Waals surface area contributed by atoms with Crippen LogP contribution in [-0.2, 0) is 9.47 Å². The van der Waals surface area contributed by atoms with Crippen molar-refractivity contribution >= 4 is 23.4 Å². The Bertz CT molecular complexity index is 467. The second-order valence-electron chi connectivity index (χ2n) is 4.47. The van der Waals surface area contributed by atoms with Gasteiger partial charge in [-0.3, -0.25) is 0 Å². The fourth-order valence-corrected chi connectivity index (χ4v) is 2.42. The number of hydrogen-bond acceptors (Lipinski definition) is 5. The highest BCUT2D eigenvalue weighted by molar-refractivity contribution is 6.29. The van der Waals surface area contributed by atoms with E-state index in [0.29, 0.717) is 11.4 Å². The molecule has 0 aromatic carbocycles. The molecule has 0 amide bonds. The lowest BCUT2D eigenvalue weighted by atomic mass is 10.1. The minimum absolute atomic E-state index is 0.191. The molecular formula is C13H17ClN2O3. The molecule has 0 spiro atoms. The summed E-state index contributed by atoms with van der Waals surface area (Å²) in [4.78, 5) is 17.9. The lowest BCUT2D eigenvalue weighted by molar-refractivity contribution is 0.0600. The molecule has 0 bridgehead atoms. The van der Waals surface area contributed by atoms with Gasteiger partial charge in [0.25, 0.3) is 0 Å². The first-order chi connectivity index (χ1) is 9.13. The zero-order chi connectivity index (χ0) is 13.8. The second kappa shape index (κ2) is 6.21. The maximum Gasteiger partial charge on any atom is 0.338 e. The van der Waals surface area contributed by atoms with Crippen molar-refractivity contribution in [1.29, 1.82) is 0 Å². The first-order valence-corrected chi connectivity index (χ1v) is 6.55. The summed E-state index contributed by atoms with van der Waals surface area (Å²) >= 11 is 5.96. The monoisotopic (exact) mass is 284 g/mol. The van der Waals surface area contributed by atoms with Crippen molar-refractivity contribution in [3.8, 4) is 0 Å². The Morgan fingerprint density at radius 2 is 2.26 bits per heavy atom. The van der Waals surface area contributed by atoms with Crippen molar-refractivity contribution in [2.75, 3.05) is 32.2 Å². The third-order valence-electron chi connectivity index (χ3n) is 3.24.